The average Bonchev–Trinajstić information content (AvgIpc) is 3.20. The fourth-order valence-corrected chi connectivity index (χ4v) is 5.44. The number of benzene rings is 2. The molecule has 1 amide bonds. The Morgan fingerprint density at radius 1 is 1.07 bits per heavy atom. The van der Waals surface area contributed by atoms with Crippen molar-refractivity contribution in [2.24, 2.45) is 0 Å². The molecule has 0 aliphatic carbocycles. The van der Waals surface area contributed by atoms with E-state index in [0.717, 1.165) is 29.2 Å². The predicted molar refractivity (Wildman–Crippen MR) is 111 cm³/mol. The summed E-state index contributed by atoms with van der Waals surface area (Å²) in [6.07, 6.45) is 1.85. The number of thioether (sulfide) groups is 1. The molecule has 0 bridgehead atoms. The van der Waals surface area contributed by atoms with Crippen LogP contribution in [0.15, 0.2) is 53.4 Å². The third-order valence-electron chi connectivity index (χ3n) is 4.46. The lowest BCUT2D eigenvalue weighted by atomic mass is 10.1. The molecule has 3 rings (SSSR count). The van der Waals surface area contributed by atoms with Crippen LogP contribution in [0.3, 0.4) is 0 Å². The van der Waals surface area contributed by atoms with E-state index in [1.165, 1.54) is 0 Å². The van der Waals surface area contributed by atoms with E-state index in [0.29, 0.717) is 24.2 Å². The molecule has 0 unspecified atom stereocenters. The van der Waals surface area contributed by atoms with Gasteiger partial charge in [0.25, 0.3) is 5.91 Å². The molecule has 0 saturated carbocycles. The molecular weight excluding hydrogens is 380 g/mol. The molecule has 1 N–H and O–H groups in total. The van der Waals surface area contributed by atoms with E-state index in [-0.39, 0.29) is 11.7 Å². The van der Waals surface area contributed by atoms with Gasteiger partial charge in [0.15, 0.2) is 0 Å². The van der Waals surface area contributed by atoms with Crippen LogP contribution in [0.5, 0.6) is 0 Å². The largest absolute Gasteiger partial charge is 0.321 e. The monoisotopic (exact) mass is 404 g/mol. The first-order chi connectivity index (χ1) is 13.0. The molecule has 2 aromatic rings. The van der Waals surface area contributed by atoms with Crippen molar-refractivity contribution in [3.8, 4) is 0 Å². The first-order valence-corrected chi connectivity index (χ1v) is 11.7. The van der Waals surface area contributed by atoms with Gasteiger partial charge in [0.05, 0.1) is 11.4 Å². The van der Waals surface area contributed by atoms with Crippen LogP contribution >= 0.6 is 11.8 Å². The van der Waals surface area contributed by atoms with Crippen LogP contribution in [0, 0.1) is 0 Å². The lowest BCUT2D eigenvalue weighted by Crippen LogP contribution is -2.29. The number of hydrogen-bond acceptors (Lipinski definition) is 4. The molecule has 0 aromatic heterocycles. The number of rotatable bonds is 7. The van der Waals surface area contributed by atoms with Gasteiger partial charge in [-0.2, -0.15) is 0 Å². The van der Waals surface area contributed by atoms with Crippen molar-refractivity contribution in [1.29, 1.82) is 0 Å². The number of hydrogen-bond donors (Lipinski definition) is 1. The Kier molecular flexibility index (Phi) is 6.57. The first-order valence-electron chi connectivity index (χ1n) is 9.09. The summed E-state index contributed by atoms with van der Waals surface area (Å²) in [5.41, 5.74) is 1.99. The molecule has 144 valence electrons. The minimum absolute atomic E-state index is 0.0229. The molecule has 0 spiro atoms. The second-order valence-electron chi connectivity index (χ2n) is 6.44. The number of nitrogens with one attached hydrogen (secondary N) is 1. The highest BCUT2D eigenvalue weighted by Crippen LogP contribution is 2.27. The van der Waals surface area contributed by atoms with E-state index >= 15 is 0 Å². The molecule has 7 heteroatoms. The van der Waals surface area contributed by atoms with E-state index in [2.05, 4.69) is 12.2 Å². The van der Waals surface area contributed by atoms with Gasteiger partial charge in [-0.05, 0) is 48.4 Å². The van der Waals surface area contributed by atoms with Crippen LogP contribution in [0.4, 0.5) is 5.69 Å². The zero-order valence-corrected chi connectivity index (χ0v) is 17.0. The Morgan fingerprint density at radius 2 is 1.74 bits per heavy atom. The highest BCUT2D eigenvalue weighted by atomic mass is 32.2. The molecule has 0 radical (unpaired) electrons. The van der Waals surface area contributed by atoms with Crippen molar-refractivity contribution in [1.82, 2.24) is 4.31 Å². The SMILES string of the molecule is CCSc1ccccc1NC(=O)c1ccc(CS(=O)(=O)N2CCCC2)cc1. The quantitative estimate of drug-likeness (QED) is 0.709. The third-order valence-corrected chi connectivity index (χ3v) is 7.26. The molecule has 5 nitrogen and oxygen atoms in total. The number of anilines is 1. The van der Waals surface area contributed by atoms with Gasteiger partial charge in [-0.3, -0.25) is 4.79 Å². The van der Waals surface area contributed by atoms with Gasteiger partial charge in [0, 0.05) is 23.5 Å². The van der Waals surface area contributed by atoms with Crippen LogP contribution in [0.1, 0.15) is 35.7 Å². The Morgan fingerprint density at radius 3 is 2.41 bits per heavy atom. The minimum Gasteiger partial charge on any atom is -0.321 e. The first kappa shape index (κ1) is 19.9. The summed E-state index contributed by atoms with van der Waals surface area (Å²) in [5, 5.41) is 2.94. The van der Waals surface area contributed by atoms with E-state index < -0.39 is 10.0 Å². The average molecular weight is 405 g/mol. The summed E-state index contributed by atoms with van der Waals surface area (Å²) >= 11 is 1.67. The van der Waals surface area contributed by atoms with Crippen LogP contribution < -0.4 is 5.32 Å². The number of nitrogens with zero attached hydrogens (tertiary/aromatic N) is 1. The molecule has 2 aromatic carbocycles. The zero-order valence-electron chi connectivity index (χ0n) is 15.3. The van der Waals surface area contributed by atoms with Crippen molar-refractivity contribution in [3.63, 3.8) is 0 Å². The lowest BCUT2D eigenvalue weighted by molar-refractivity contribution is 0.102. The van der Waals surface area contributed by atoms with Gasteiger partial charge in [-0.15, -0.1) is 11.8 Å². The van der Waals surface area contributed by atoms with Gasteiger partial charge >= 0.3 is 0 Å². The van der Waals surface area contributed by atoms with Crippen LogP contribution in [-0.2, 0) is 15.8 Å². The zero-order chi connectivity index (χ0) is 19.3. The molecule has 27 heavy (non-hydrogen) atoms. The van der Waals surface area contributed by atoms with E-state index in [1.807, 2.05) is 24.3 Å². The second kappa shape index (κ2) is 8.91. The molecule has 1 saturated heterocycles. The van der Waals surface area contributed by atoms with Crippen molar-refractivity contribution in [2.45, 2.75) is 30.4 Å². The molecule has 1 fully saturated rings. The maximum atomic E-state index is 12.5. The number of carbonyl (C=O) groups is 1. The third kappa shape index (κ3) is 5.12. The number of amides is 1. The number of para-hydroxylation sites is 1. The standard InChI is InChI=1S/C20H24N2O3S2/c1-2-26-19-8-4-3-7-18(19)21-20(23)17-11-9-16(10-12-17)15-27(24,25)22-13-5-6-14-22/h3-4,7-12H,2,5-6,13-15H2,1H3,(H,21,23). The summed E-state index contributed by atoms with van der Waals surface area (Å²) in [6.45, 7) is 3.29. The van der Waals surface area contributed by atoms with Crippen molar-refractivity contribution in [2.75, 3.05) is 24.2 Å². The highest BCUT2D eigenvalue weighted by Gasteiger charge is 2.25. The molecule has 1 aliphatic heterocycles. The maximum absolute atomic E-state index is 12.5. The lowest BCUT2D eigenvalue weighted by Gasteiger charge is -2.15. The van der Waals surface area contributed by atoms with Gasteiger partial charge in [0.2, 0.25) is 10.0 Å². The summed E-state index contributed by atoms with van der Waals surface area (Å²) in [5.74, 6) is 0.700. The smallest absolute Gasteiger partial charge is 0.255 e. The Hall–Kier alpha value is -1.83. The van der Waals surface area contributed by atoms with Crippen LogP contribution in [0.25, 0.3) is 0 Å². The van der Waals surface area contributed by atoms with Gasteiger partial charge in [-0.1, -0.05) is 31.2 Å². The fourth-order valence-electron chi connectivity index (χ4n) is 3.07. The summed E-state index contributed by atoms with van der Waals surface area (Å²) < 4.78 is 26.4. The molecule has 0 atom stereocenters. The van der Waals surface area contributed by atoms with E-state index in [4.69, 9.17) is 0 Å². The molecular formula is C20H24N2O3S2. The summed E-state index contributed by atoms with van der Waals surface area (Å²) in [7, 11) is -3.28. The van der Waals surface area contributed by atoms with E-state index in [9.17, 15) is 13.2 Å². The van der Waals surface area contributed by atoms with Crippen molar-refractivity contribution in [3.05, 3.63) is 59.7 Å². The number of carbonyl (C=O) groups excluding carboxylic acids is 1. The van der Waals surface area contributed by atoms with Crippen molar-refractivity contribution >= 4 is 33.4 Å². The predicted octanol–water partition coefficient (Wildman–Crippen LogP) is 3.98. The summed E-state index contributed by atoms with van der Waals surface area (Å²) in [4.78, 5) is 13.6. The minimum atomic E-state index is -3.28. The van der Waals surface area contributed by atoms with Crippen molar-refractivity contribution < 1.29 is 13.2 Å². The Bertz CT molecular complexity index is 890. The molecule has 1 aliphatic rings. The van der Waals surface area contributed by atoms with E-state index in [1.54, 1.807) is 40.3 Å². The topological polar surface area (TPSA) is 66.5 Å². The van der Waals surface area contributed by atoms with Crippen LogP contribution in [0.2, 0.25) is 0 Å². The fraction of sp³-hybridized carbons (Fsp3) is 0.350. The highest BCUT2D eigenvalue weighted by molar-refractivity contribution is 7.99. The van der Waals surface area contributed by atoms with Gasteiger partial charge in [0.1, 0.15) is 0 Å². The maximum Gasteiger partial charge on any atom is 0.255 e. The Labute approximate surface area is 165 Å². The van der Waals surface area contributed by atoms with Gasteiger partial charge < -0.3 is 5.32 Å². The van der Waals surface area contributed by atoms with Gasteiger partial charge in [-0.25, -0.2) is 12.7 Å². The Balaban J connectivity index is 1.67. The second-order valence-corrected chi connectivity index (χ2v) is 9.72. The van der Waals surface area contributed by atoms with Crippen LogP contribution in [-0.4, -0.2) is 37.5 Å². The normalized spacial score (nSPS) is 15.0. The summed E-state index contributed by atoms with van der Waals surface area (Å²) in [6, 6.07) is 14.5. The molecule has 1 heterocycles. The number of sulfonamides is 1.